The number of hydrogen-bond donors (Lipinski definition) is 1. The number of rotatable bonds is 7. The molecule has 142 valence electrons. The Kier molecular flexibility index (Phi) is 6.06. The van der Waals surface area contributed by atoms with E-state index in [0.717, 1.165) is 25.1 Å². The Balaban J connectivity index is 1.52. The normalized spacial score (nSPS) is 14.4. The molecule has 1 N–H and O–H groups in total. The van der Waals surface area contributed by atoms with Gasteiger partial charge in [0.2, 0.25) is 10.0 Å². The first-order valence-electron chi connectivity index (χ1n) is 8.43. The molecule has 7 nitrogen and oxygen atoms in total. The van der Waals surface area contributed by atoms with Gasteiger partial charge < -0.3 is 0 Å². The van der Waals surface area contributed by atoms with Gasteiger partial charge in [-0.3, -0.25) is 4.57 Å². The van der Waals surface area contributed by atoms with Crippen LogP contribution in [0.5, 0.6) is 0 Å². The van der Waals surface area contributed by atoms with E-state index in [1.54, 1.807) is 16.7 Å². The summed E-state index contributed by atoms with van der Waals surface area (Å²) in [6.45, 7) is 1.33. The number of hydrogen-bond acceptors (Lipinski definition) is 4. The summed E-state index contributed by atoms with van der Waals surface area (Å²) in [5.74, 6) is 0.643. The van der Waals surface area contributed by atoms with Crippen LogP contribution in [0.3, 0.4) is 0 Å². The molecule has 2 heterocycles. The number of nitrogens with one attached hydrogen (secondary N) is 1. The van der Waals surface area contributed by atoms with Crippen LogP contribution in [-0.4, -0.2) is 29.3 Å². The topological polar surface area (TPSA) is 86.0 Å². The first-order valence-corrected chi connectivity index (χ1v) is 10.8. The van der Waals surface area contributed by atoms with Crippen LogP contribution in [0.4, 0.5) is 0 Å². The molecular weight excluding hydrogens is 399 g/mol. The fourth-order valence-electron chi connectivity index (χ4n) is 2.95. The number of aryl methyl sites for hydroxylation is 2. The summed E-state index contributed by atoms with van der Waals surface area (Å²) < 4.78 is 30.0. The van der Waals surface area contributed by atoms with Gasteiger partial charge >= 0.3 is 5.69 Å². The highest BCUT2D eigenvalue weighted by Crippen LogP contribution is 2.23. The molecule has 0 bridgehead atoms. The van der Waals surface area contributed by atoms with Crippen LogP contribution >= 0.6 is 23.2 Å². The summed E-state index contributed by atoms with van der Waals surface area (Å²) in [4.78, 5) is 12.2. The molecule has 0 unspecified atom stereocenters. The molecule has 0 saturated heterocycles. The largest absolute Gasteiger partial charge is 0.345 e. The first kappa shape index (κ1) is 19.4. The van der Waals surface area contributed by atoms with E-state index in [-0.39, 0.29) is 18.0 Å². The highest BCUT2D eigenvalue weighted by molar-refractivity contribution is 7.88. The summed E-state index contributed by atoms with van der Waals surface area (Å²) in [7, 11) is -3.50. The molecule has 1 aromatic carbocycles. The van der Waals surface area contributed by atoms with Crippen molar-refractivity contribution in [1.29, 1.82) is 0 Å². The van der Waals surface area contributed by atoms with Crippen LogP contribution in [0.1, 0.15) is 30.7 Å². The number of benzene rings is 1. The van der Waals surface area contributed by atoms with Crippen molar-refractivity contribution in [2.45, 2.75) is 44.5 Å². The lowest BCUT2D eigenvalue weighted by Gasteiger charge is -2.09. The lowest BCUT2D eigenvalue weighted by atomic mass is 10.2. The SMILES string of the molecule is O=c1n(CCCNS(=O)(=O)Cc2ccc(Cl)c(Cl)c2)nc2n1CCCC2. The molecule has 10 heteroatoms. The van der Waals surface area contributed by atoms with Crippen molar-refractivity contribution in [2.75, 3.05) is 6.54 Å². The highest BCUT2D eigenvalue weighted by atomic mass is 35.5. The van der Waals surface area contributed by atoms with Gasteiger partial charge in [0.1, 0.15) is 5.82 Å². The van der Waals surface area contributed by atoms with E-state index in [9.17, 15) is 13.2 Å². The number of nitrogens with zero attached hydrogens (tertiary/aromatic N) is 3. The summed E-state index contributed by atoms with van der Waals surface area (Å²) >= 11 is 11.7. The fraction of sp³-hybridized carbons (Fsp3) is 0.500. The third-order valence-electron chi connectivity index (χ3n) is 4.24. The van der Waals surface area contributed by atoms with Crippen LogP contribution < -0.4 is 10.4 Å². The van der Waals surface area contributed by atoms with Gasteiger partial charge in [0, 0.05) is 26.1 Å². The van der Waals surface area contributed by atoms with Crippen molar-refractivity contribution in [3.63, 3.8) is 0 Å². The molecule has 0 amide bonds. The molecule has 1 aliphatic heterocycles. The molecule has 3 rings (SSSR count). The molecule has 26 heavy (non-hydrogen) atoms. The maximum Gasteiger partial charge on any atom is 0.345 e. The van der Waals surface area contributed by atoms with Crippen molar-refractivity contribution >= 4 is 33.2 Å². The Morgan fingerprint density at radius 1 is 1.19 bits per heavy atom. The molecule has 0 saturated carbocycles. The molecule has 0 fully saturated rings. The fourth-order valence-corrected chi connectivity index (χ4v) is 4.45. The maximum atomic E-state index is 12.2. The van der Waals surface area contributed by atoms with Gasteiger partial charge in [-0.05, 0) is 37.0 Å². The standard InChI is InChI=1S/C16H20Cl2N4O3S/c17-13-6-5-12(10-14(13)18)11-26(24,25)19-7-3-9-22-16(23)21-8-2-1-4-15(21)20-22/h5-6,10,19H,1-4,7-9,11H2. The second-order valence-electron chi connectivity index (χ2n) is 6.29. The van der Waals surface area contributed by atoms with Crippen molar-refractivity contribution < 1.29 is 8.42 Å². The van der Waals surface area contributed by atoms with Gasteiger partial charge in [-0.2, -0.15) is 5.10 Å². The molecule has 0 spiro atoms. The van der Waals surface area contributed by atoms with E-state index in [1.807, 2.05) is 0 Å². The number of fused-ring (bicyclic) bond motifs is 1. The molecule has 1 aliphatic rings. The van der Waals surface area contributed by atoms with E-state index in [1.165, 1.54) is 10.7 Å². The minimum atomic E-state index is -3.50. The van der Waals surface area contributed by atoms with Crippen molar-refractivity contribution in [2.24, 2.45) is 0 Å². The molecule has 2 aromatic rings. The van der Waals surface area contributed by atoms with Gasteiger partial charge in [0.05, 0.1) is 15.8 Å². The van der Waals surface area contributed by atoms with E-state index in [4.69, 9.17) is 23.2 Å². The Morgan fingerprint density at radius 2 is 2.00 bits per heavy atom. The van der Waals surface area contributed by atoms with Crippen LogP contribution in [0, 0.1) is 0 Å². The first-order chi connectivity index (χ1) is 12.4. The van der Waals surface area contributed by atoms with E-state index < -0.39 is 10.0 Å². The van der Waals surface area contributed by atoms with E-state index in [2.05, 4.69) is 9.82 Å². The van der Waals surface area contributed by atoms with Gasteiger partial charge in [-0.15, -0.1) is 0 Å². The molecule has 1 aromatic heterocycles. The lowest BCUT2D eigenvalue weighted by Crippen LogP contribution is -2.30. The zero-order valence-corrected chi connectivity index (χ0v) is 16.4. The second kappa shape index (κ2) is 8.12. The average Bonchev–Trinajstić information content (AvgIpc) is 2.91. The van der Waals surface area contributed by atoms with Crippen LogP contribution in [0.2, 0.25) is 10.0 Å². The number of halogens is 2. The summed E-state index contributed by atoms with van der Waals surface area (Å²) in [5, 5.41) is 5.04. The summed E-state index contributed by atoms with van der Waals surface area (Å²) in [6, 6.07) is 4.74. The molecular formula is C16H20Cl2N4O3S. The minimum Gasteiger partial charge on any atom is -0.279 e. The summed E-state index contributed by atoms with van der Waals surface area (Å²) in [6.07, 6.45) is 3.34. The van der Waals surface area contributed by atoms with Crippen LogP contribution in [-0.2, 0) is 35.3 Å². The predicted molar refractivity (Wildman–Crippen MR) is 101 cm³/mol. The van der Waals surface area contributed by atoms with Crippen molar-refractivity contribution in [3.05, 3.63) is 50.1 Å². The Morgan fingerprint density at radius 3 is 2.73 bits per heavy atom. The number of aromatic nitrogens is 3. The number of sulfonamides is 1. The molecule has 0 radical (unpaired) electrons. The summed E-state index contributed by atoms with van der Waals surface area (Å²) in [5.41, 5.74) is 0.447. The van der Waals surface area contributed by atoms with E-state index in [0.29, 0.717) is 35.1 Å². The van der Waals surface area contributed by atoms with Crippen LogP contribution in [0.15, 0.2) is 23.0 Å². The average molecular weight is 419 g/mol. The van der Waals surface area contributed by atoms with Gasteiger partial charge in [0.25, 0.3) is 0 Å². The zero-order chi connectivity index (χ0) is 18.7. The third kappa shape index (κ3) is 4.68. The molecule has 0 aliphatic carbocycles. The van der Waals surface area contributed by atoms with Gasteiger partial charge in [-0.1, -0.05) is 29.3 Å². The third-order valence-corrected chi connectivity index (χ3v) is 6.34. The zero-order valence-electron chi connectivity index (χ0n) is 14.1. The second-order valence-corrected chi connectivity index (χ2v) is 8.91. The maximum absolute atomic E-state index is 12.2. The Hall–Kier alpha value is -1.35. The molecule has 0 atom stereocenters. The minimum absolute atomic E-state index is 0.113. The van der Waals surface area contributed by atoms with Crippen LogP contribution in [0.25, 0.3) is 0 Å². The van der Waals surface area contributed by atoms with Gasteiger partial charge in [-0.25, -0.2) is 22.6 Å². The monoisotopic (exact) mass is 418 g/mol. The lowest BCUT2D eigenvalue weighted by molar-refractivity contribution is 0.508. The van der Waals surface area contributed by atoms with E-state index >= 15 is 0 Å². The van der Waals surface area contributed by atoms with Crippen molar-refractivity contribution in [3.8, 4) is 0 Å². The van der Waals surface area contributed by atoms with Crippen molar-refractivity contribution in [1.82, 2.24) is 19.1 Å². The Labute approximate surface area is 162 Å². The quantitative estimate of drug-likeness (QED) is 0.698. The predicted octanol–water partition coefficient (Wildman–Crippen LogP) is 2.20. The Bertz CT molecular complexity index is 953. The highest BCUT2D eigenvalue weighted by Gasteiger charge is 2.17. The smallest absolute Gasteiger partial charge is 0.279 e. The van der Waals surface area contributed by atoms with Gasteiger partial charge in [0.15, 0.2) is 0 Å².